The maximum atomic E-state index is 12.5. The predicted octanol–water partition coefficient (Wildman–Crippen LogP) is -6.54. The molecule has 3 aliphatic rings. The summed E-state index contributed by atoms with van der Waals surface area (Å²) in [6, 6.07) is -4.63. The molecule has 12 N–H and O–H groups in total. The molecule has 0 saturated carbocycles. The number of barbiturate groups is 3. The maximum Gasteiger partial charge on any atom is 0.328 e. The number of hydrogen-bond donors (Lipinski definition) is 12. The van der Waals surface area contributed by atoms with Crippen LogP contribution in [0.3, 0.4) is 0 Å². The highest BCUT2D eigenvalue weighted by Crippen LogP contribution is 2.54. The Bertz CT molecular complexity index is 1260. The summed E-state index contributed by atoms with van der Waals surface area (Å²) < 4.78 is 0. The van der Waals surface area contributed by atoms with Gasteiger partial charge in [-0.3, -0.25) is 60.7 Å². The number of aliphatic hydroxyl groups is 3. The highest BCUT2D eigenvalue weighted by molar-refractivity contribution is 6.25. The van der Waals surface area contributed by atoms with Gasteiger partial charge in [0, 0.05) is 0 Å². The van der Waals surface area contributed by atoms with Gasteiger partial charge in [-0.05, 0) is 0 Å². The smallest absolute Gasteiger partial charge is 0.328 e. The molecule has 3 saturated heterocycles. The van der Waals surface area contributed by atoms with E-state index in [4.69, 9.17) is 0 Å². The zero-order valence-corrected chi connectivity index (χ0v) is 18.4. The molecular formula is C18H12N6O15. The van der Waals surface area contributed by atoms with E-state index in [0.717, 1.165) is 0 Å². The van der Waals surface area contributed by atoms with Crippen molar-refractivity contribution in [3.8, 4) is 17.2 Å². The van der Waals surface area contributed by atoms with Gasteiger partial charge in [-0.2, -0.15) is 0 Å². The van der Waals surface area contributed by atoms with E-state index in [9.17, 15) is 73.8 Å². The van der Waals surface area contributed by atoms with Gasteiger partial charge < -0.3 is 30.6 Å². The highest BCUT2D eigenvalue weighted by Gasteiger charge is 2.63. The number of hydrogen-bond acceptors (Lipinski definition) is 15. The Morgan fingerprint density at radius 3 is 0.667 bits per heavy atom. The van der Waals surface area contributed by atoms with Crippen LogP contribution in [0.15, 0.2) is 0 Å². The van der Waals surface area contributed by atoms with E-state index in [2.05, 4.69) is 0 Å². The molecule has 0 atom stereocenters. The van der Waals surface area contributed by atoms with Gasteiger partial charge in [0.25, 0.3) is 52.2 Å². The van der Waals surface area contributed by atoms with Crippen LogP contribution in [0, 0.1) is 0 Å². The van der Waals surface area contributed by atoms with Gasteiger partial charge in [0.1, 0.15) is 17.2 Å². The summed E-state index contributed by atoms with van der Waals surface area (Å²) in [6.07, 6.45) is 0. The number of phenols is 3. The summed E-state index contributed by atoms with van der Waals surface area (Å²) in [5.74, 6) is -18.4. The number of nitrogens with one attached hydrogen (secondary N) is 6. The molecule has 3 heterocycles. The van der Waals surface area contributed by atoms with E-state index in [-0.39, 0.29) is 0 Å². The molecule has 21 nitrogen and oxygen atoms in total. The summed E-state index contributed by atoms with van der Waals surface area (Å²) in [5, 5.41) is 73.7. The van der Waals surface area contributed by atoms with Crippen LogP contribution in [0.2, 0.25) is 0 Å². The molecule has 39 heavy (non-hydrogen) atoms. The van der Waals surface area contributed by atoms with Crippen LogP contribution in [0.4, 0.5) is 14.4 Å². The number of urea groups is 3. The summed E-state index contributed by atoms with van der Waals surface area (Å²) in [5.41, 5.74) is -17.7. The van der Waals surface area contributed by atoms with Gasteiger partial charge in [-0.1, -0.05) is 0 Å². The van der Waals surface area contributed by atoms with Crippen molar-refractivity contribution in [2.75, 3.05) is 0 Å². The highest BCUT2D eigenvalue weighted by atomic mass is 16.4. The Kier molecular flexibility index (Phi) is 5.35. The molecule has 0 spiro atoms. The van der Waals surface area contributed by atoms with Crippen molar-refractivity contribution >= 4 is 53.5 Å². The SMILES string of the molecule is O=C1NC(=O)C(O)(c2c(O)c(C3(O)C(=O)NC(=O)NC3=O)c(O)c(C3(O)C(=O)NC(=O)NC3=O)c2O)C(=O)N1. The zero-order chi connectivity index (χ0) is 29.4. The summed E-state index contributed by atoms with van der Waals surface area (Å²) in [7, 11) is 0. The lowest BCUT2D eigenvalue weighted by Crippen LogP contribution is -2.66. The number of aromatic hydroxyl groups is 3. The molecule has 3 fully saturated rings. The molecule has 4 rings (SSSR count). The fourth-order valence-corrected chi connectivity index (χ4v) is 3.99. The number of benzene rings is 1. The van der Waals surface area contributed by atoms with E-state index in [1.54, 1.807) is 0 Å². The Balaban J connectivity index is 2.20. The van der Waals surface area contributed by atoms with Crippen molar-refractivity contribution in [3.05, 3.63) is 16.7 Å². The topological polar surface area (TPSA) is 347 Å². The van der Waals surface area contributed by atoms with Gasteiger partial charge in [0.05, 0.1) is 16.7 Å². The molecular weight excluding hydrogens is 540 g/mol. The fourth-order valence-electron chi connectivity index (χ4n) is 3.99. The van der Waals surface area contributed by atoms with Gasteiger partial charge in [-0.15, -0.1) is 0 Å². The van der Waals surface area contributed by atoms with E-state index < -0.39 is 104 Å². The van der Waals surface area contributed by atoms with Crippen molar-refractivity contribution in [1.29, 1.82) is 0 Å². The van der Waals surface area contributed by atoms with Crippen molar-refractivity contribution < 1.29 is 73.8 Å². The average Bonchev–Trinajstić information content (AvgIpc) is 2.80. The first-order valence-corrected chi connectivity index (χ1v) is 9.93. The van der Waals surface area contributed by atoms with Crippen LogP contribution in [-0.2, 0) is 45.6 Å². The molecule has 0 aromatic heterocycles. The van der Waals surface area contributed by atoms with Gasteiger partial charge >= 0.3 is 18.1 Å². The first-order valence-electron chi connectivity index (χ1n) is 9.93. The van der Waals surface area contributed by atoms with E-state index >= 15 is 0 Å². The van der Waals surface area contributed by atoms with Gasteiger partial charge in [0.2, 0.25) is 0 Å². The second-order valence-corrected chi connectivity index (χ2v) is 8.01. The quantitative estimate of drug-likeness (QED) is 0.155. The molecule has 1 aromatic rings. The van der Waals surface area contributed by atoms with Crippen LogP contribution in [0.1, 0.15) is 16.7 Å². The number of carbonyl (C=O) groups excluding carboxylic acids is 9. The number of amides is 12. The predicted molar refractivity (Wildman–Crippen MR) is 108 cm³/mol. The second-order valence-electron chi connectivity index (χ2n) is 8.01. The Morgan fingerprint density at radius 2 is 0.513 bits per heavy atom. The number of phenolic OH excluding ortho intramolecular Hbond substituents is 3. The normalized spacial score (nSPS) is 21.8. The van der Waals surface area contributed by atoms with E-state index in [1.807, 2.05) is 0 Å². The maximum absolute atomic E-state index is 12.5. The third-order valence-electron chi connectivity index (χ3n) is 5.84. The lowest BCUT2D eigenvalue weighted by atomic mass is 9.76. The molecule has 204 valence electrons. The van der Waals surface area contributed by atoms with Crippen molar-refractivity contribution in [2.45, 2.75) is 16.8 Å². The minimum Gasteiger partial charge on any atom is -0.507 e. The minimum atomic E-state index is -3.99. The first-order chi connectivity index (χ1) is 17.9. The van der Waals surface area contributed by atoms with Crippen LogP contribution < -0.4 is 31.9 Å². The molecule has 12 amide bonds. The first kappa shape index (κ1) is 26.4. The van der Waals surface area contributed by atoms with Crippen molar-refractivity contribution in [2.24, 2.45) is 0 Å². The lowest BCUT2D eigenvalue weighted by molar-refractivity contribution is -0.156. The third kappa shape index (κ3) is 3.20. The summed E-state index contributed by atoms with van der Waals surface area (Å²) in [6.45, 7) is 0. The van der Waals surface area contributed by atoms with Crippen LogP contribution in [0.5, 0.6) is 17.2 Å². The largest absolute Gasteiger partial charge is 0.507 e. The Hall–Kier alpha value is -5.67. The molecule has 21 heteroatoms. The monoisotopic (exact) mass is 552 g/mol. The third-order valence-corrected chi connectivity index (χ3v) is 5.84. The molecule has 0 aliphatic carbocycles. The van der Waals surface area contributed by atoms with Gasteiger partial charge in [0.15, 0.2) is 0 Å². The fraction of sp³-hybridized carbons (Fsp3) is 0.167. The molecule has 3 aliphatic heterocycles. The Labute approximate surface area is 210 Å². The zero-order valence-electron chi connectivity index (χ0n) is 18.4. The molecule has 1 aromatic carbocycles. The molecule has 0 radical (unpaired) electrons. The number of imide groups is 6. The van der Waals surface area contributed by atoms with Crippen LogP contribution in [0.25, 0.3) is 0 Å². The van der Waals surface area contributed by atoms with Crippen molar-refractivity contribution in [1.82, 2.24) is 31.9 Å². The molecule has 0 unspecified atom stereocenters. The number of carbonyl (C=O) groups is 9. The van der Waals surface area contributed by atoms with E-state index in [0.29, 0.717) is 0 Å². The summed E-state index contributed by atoms with van der Waals surface area (Å²) in [4.78, 5) is 110. The minimum absolute atomic E-state index is 1.36. The molecule has 0 bridgehead atoms. The standard InChI is InChI=1S/C18H12N6O15/c25-4-1(16(37)7(28)19-13(34)20-8(16)29)5(26)3(18(39)11(32)23-15(36)24-12(18)33)6(27)2(4)17(38)9(30)21-14(35)22-10(17)31/h25-27,37-39H,(H2,19,20,28,29,34)(H2,21,22,30,31,35)(H2,23,24,32,33,36). The average molecular weight is 552 g/mol. The van der Waals surface area contributed by atoms with Gasteiger partial charge in [-0.25, -0.2) is 14.4 Å². The lowest BCUT2D eigenvalue weighted by Gasteiger charge is -2.37. The van der Waals surface area contributed by atoms with Crippen LogP contribution >= 0.6 is 0 Å². The Morgan fingerprint density at radius 1 is 0.359 bits per heavy atom. The second kappa shape index (κ2) is 7.91. The number of rotatable bonds is 3. The van der Waals surface area contributed by atoms with Crippen molar-refractivity contribution in [3.63, 3.8) is 0 Å². The summed E-state index contributed by atoms with van der Waals surface area (Å²) >= 11 is 0. The van der Waals surface area contributed by atoms with E-state index in [1.165, 1.54) is 31.9 Å². The van der Waals surface area contributed by atoms with Crippen LogP contribution in [-0.4, -0.2) is 84.2 Å².